The third-order valence-corrected chi connectivity index (χ3v) is 3.44. The summed E-state index contributed by atoms with van der Waals surface area (Å²) >= 11 is 0. The number of likely N-dealkylation sites (tertiary alicyclic amines) is 1. The predicted octanol–water partition coefficient (Wildman–Crippen LogP) is 2.43. The van der Waals surface area contributed by atoms with E-state index in [-0.39, 0.29) is 24.4 Å². The predicted molar refractivity (Wildman–Crippen MR) is 85.5 cm³/mol. The van der Waals surface area contributed by atoms with Crippen LogP contribution in [0.15, 0.2) is 24.3 Å². The van der Waals surface area contributed by atoms with Gasteiger partial charge in [-0.2, -0.15) is 0 Å². The van der Waals surface area contributed by atoms with Crippen molar-refractivity contribution < 1.29 is 23.6 Å². The van der Waals surface area contributed by atoms with Gasteiger partial charge in [0, 0.05) is 13.1 Å². The maximum atomic E-state index is 12.8. The summed E-state index contributed by atoms with van der Waals surface area (Å²) in [7, 11) is 0. The van der Waals surface area contributed by atoms with Gasteiger partial charge in [-0.25, -0.2) is 9.18 Å². The van der Waals surface area contributed by atoms with E-state index in [0.717, 1.165) is 0 Å². The molecule has 1 aliphatic heterocycles. The Morgan fingerprint density at radius 3 is 2.58 bits per heavy atom. The van der Waals surface area contributed by atoms with Gasteiger partial charge < -0.3 is 14.5 Å². The fourth-order valence-corrected chi connectivity index (χ4v) is 2.30. The van der Waals surface area contributed by atoms with E-state index in [9.17, 15) is 14.0 Å². The Kier molecular flexibility index (Phi) is 5.77. The van der Waals surface area contributed by atoms with Gasteiger partial charge in [0.25, 0.3) is 0 Å². The molecule has 24 heavy (non-hydrogen) atoms. The highest BCUT2D eigenvalue weighted by Gasteiger charge is 2.30. The molecule has 1 heterocycles. The molecule has 6 nitrogen and oxygen atoms in total. The first-order valence-corrected chi connectivity index (χ1v) is 7.90. The highest BCUT2D eigenvalue weighted by molar-refractivity contribution is 5.72. The first-order valence-electron chi connectivity index (χ1n) is 7.90. The van der Waals surface area contributed by atoms with E-state index in [1.54, 1.807) is 4.90 Å². The van der Waals surface area contributed by atoms with Crippen LogP contribution in [0.5, 0.6) is 0 Å². The van der Waals surface area contributed by atoms with Crippen LogP contribution in [0.25, 0.3) is 0 Å². The standard InChI is InChI=1S/C17H23FN2O4/c1-17(2,3)23-16(22)20-9-8-14(11-20)19-24-15(21)10-12-4-6-13(18)7-5-12/h4-7,14,19H,8-11H2,1-3H3. The molecule has 1 fully saturated rings. The van der Waals surface area contributed by atoms with Crippen LogP contribution >= 0.6 is 0 Å². The normalized spacial score (nSPS) is 17.7. The van der Waals surface area contributed by atoms with E-state index >= 15 is 0 Å². The van der Waals surface area contributed by atoms with Crippen LogP contribution in [0.2, 0.25) is 0 Å². The van der Waals surface area contributed by atoms with Gasteiger partial charge >= 0.3 is 12.1 Å². The van der Waals surface area contributed by atoms with Gasteiger partial charge in [0.15, 0.2) is 0 Å². The monoisotopic (exact) mass is 338 g/mol. The maximum Gasteiger partial charge on any atom is 0.410 e. The molecule has 1 saturated heterocycles. The second kappa shape index (κ2) is 7.61. The number of ether oxygens (including phenoxy) is 1. The Morgan fingerprint density at radius 2 is 1.96 bits per heavy atom. The number of carbonyl (C=O) groups excluding carboxylic acids is 2. The molecule has 0 radical (unpaired) electrons. The molecule has 1 N–H and O–H groups in total. The Bertz CT molecular complexity index is 583. The molecule has 132 valence electrons. The van der Waals surface area contributed by atoms with Gasteiger partial charge in [0.05, 0.1) is 12.5 Å². The van der Waals surface area contributed by atoms with Gasteiger partial charge in [-0.15, -0.1) is 5.48 Å². The summed E-state index contributed by atoms with van der Waals surface area (Å²) in [4.78, 5) is 30.3. The summed E-state index contributed by atoms with van der Waals surface area (Å²) in [5, 5.41) is 0. The zero-order valence-corrected chi connectivity index (χ0v) is 14.2. The molecule has 1 amide bonds. The number of nitrogens with one attached hydrogen (secondary N) is 1. The summed E-state index contributed by atoms with van der Waals surface area (Å²) in [6.07, 6.45) is 0.350. The molecule has 0 bridgehead atoms. The lowest BCUT2D eigenvalue weighted by atomic mass is 10.1. The molecule has 0 aromatic heterocycles. The van der Waals surface area contributed by atoms with Crippen LogP contribution in [-0.4, -0.2) is 41.7 Å². The minimum Gasteiger partial charge on any atom is -0.444 e. The van der Waals surface area contributed by atoms with E-state index in [1.807, 2.05) is 20.8 Å². The smallest absolute Gasteiger partial charge is 0.410 e. The van der Waals surface area contributed by atoms with E-state index in [0.29, 0.717) is 25.1 Å². The lowest BCUT2D eigenvalue weighted by Gasteiger charge is -2.24. The first-order chi connectivity index (χ1) is 11.2. The van der Waals surface area contributed by atoms with Crippen LogP contribution in [0, 0.1) is 5.82 Å². The Labute approximate surface area is 140 Å². The lowest BCUT2D eigenvalue weighted by molar-refractivity contribution is -0.151. The van der Waals surface area contributed by atoms with E-state index in [4.69, 9.17) is 9.57 Å². The van der Waals surface area contributed by atoms with Crippen molar-refractivity contribution in [1.82, 2.24) is 10.4 Å². The van der Waals surface area contributed by atoms with Crippen LogP contribution in [0.3, 0.4) is 0 Å². The van der Waals surface area contributed by atoms with Crippen molar-refractivity contribution in [3.05, 3.63) is 35.6 Å². The molecule has 0 aliphatic carbocycles. The zero-order valence-electron chi connectivity index (χ0n) is 14.2. The van der Waals surface area contributed by atoms with E-state index in [1.165, 1.54) is 24.3 Å². The molecule has 2 rings (SSSR count). The van der Waals surface area contributed by atoms with Crippen molar-refractivity contribution in [3.63, 3.8) is 0 Å². The van der Waals surface area contributed by atoms with Crippen molar-refractivity contribution >= 4 is 12.1 Å². The Hall–Kier alpha value is -2.15. The number of hydrogen-bond donors (Lipinski definition) is 1. The van der Waals surface area contributed by atoms with Crippen LogP contribution in [-0.2, 0) is 20.8 Å². The quantitative estimate of drug-likeness (QED) is 0.854. The third kappa shape index (κ3) is 5.81. The largest absolute Gasteiger partial charge is 0.444 e. The molecular weight excluding hydrogens is 315 g/mol. The summed E-state index contributed by atoms with van der Waals surface area (Å²) in [6.45, 7) is 6.40. The molecule has 1 aromatic rings. The minimum atomic E-state index is -0.537. The molecule has 7 heteroatoms. The molecule has 1 atom stereocenters. The Morgan fingerprint density at radius 1 is 1.29 bits per heavy atom. The van der Waals surface area contributed by atoms with Crippen molar-refractivity contribution in [2.24, 2.45) is 0 Å². The van der Waals surface area contributed by atoms with E-state index in [2.05, 4.69) is 5.48 Å². The molecule has 0 spiro atoms. The SMILES string of the molecule is CC(C)(C)OC(=O)N1CCC(NOC(=O)Cc2ccc(F)cc2)C1. The molecule has 1 aromatic carbocycles. The minimum absolute atomic E-state index is 0.0514. The van der Waals surface area contributed by atoms with Crippen molar-refractivity contribution in [3.8, 4) is 0 Å². The molecular formula is C17H23FN2O4. The third-order valence-electron chi connectivity index (χ3n) is 3.44. The van der Waals surface area contributed by atoms with Crippen LogP contribution in [0.4, 0.5) is 9.18 Å². The van der Waals surface area contributed by atoms with Gasteiger partial charge in [-0.05, 0) is 44.9 Å². The summed E-state index contributed by atoms with van der Waals surface area (Å²) in [5.41, 5.74) is 2.82. The number of amides is 1. The highest BCUT2D eigenvalue weighted by Crippen LogP contribution is 2.15. The maximum absolute atomic E-state index is 12.8. The number of carbonyl (C=O) groups is 2. The fraction of sp³-hybridized carbons (Fsp3) is 0.529. The van der Waals surface area contributed by atoms with Crippen molar-refractivity contribution in [2.45, 2.75) is 45.3 Å². The van der Waals surface area contributed by atoms with Gasteiger partial charge in [0.1, 0.15) is 11.4 Å². The van der Waals surface area contributed by atoms with Gasteiger partial charge in [-0.1, -0.05) is 12.1 Å². The second-order valence-electron chi connectivity index (χ2n) is 6.81. The lowest BCUT2D eigenvalue weighted by Crippen LogP contribution is -2.39. The van der Waals surface area contributed by atoms with Gasteiger partial charge in [0.2, 0.25) is 0 Å². The molecule has 1 aliphatic rings. The molecule has 1 unspecified atom stereocenters. The Balaban J connectivity index is 1.72. The summed E-state index contributed by atoms with van der Waals surface area (Å²) in [5.74, 6) is -0.809. The number of hydroxylamine groups is 1. The topological polar surface area (TPSA) is 67.9 Å². The fourth-order valence-electron chi connectivity index (χ4n) is 2.30. The average Bonchev–Trinajstić information content (AvgIpc) is 2.95. The molecule has 0 saturated carbocycles. The zero-order chi connectivity index (χ0) is 17.7. The number of hydrogen-bond acceptors (Lipinski definition) is 5. The van der Waals surface area contributed by atoms with Gasteiger partial charge in [-0.3, -0.25) is 4.79 Å². The summed E-state index contributed by atoms with van der Waals surface area (Å²) < 4.78 is 18.1. The number of rotatable bonds is 4. The van der Waals surface area contributed by atoms with Crippen molar-refractivity contribution in [1.29, 1.82) is 0 Å². The number of halogens is 1. The van der Waals surface area contributed by atoms with Crippen molar-refractivity contribution in [2.75, 3.05) is 13.1 Å². The summed E-state index contributed by atoms with van der Waals surface area (Å²) in [6, 6.07) is 5.54. The van der Waals surface area contributed by atoms with Crippen LogP contribution < -0.4 is 5.48 Å². The van der Waals surface area contributed by atoms with Crippen LogP contribution in [0.1, 0.15) is 32.8 Å². The van der Waals surface area contributed by atoms with E-state index < -0.39 is 11.6 Å². The average molecular weight is 338 g/mol. The highest BCUT2D eigenvalue weighted by atomic mass is 19.1. The first kappa shape index (κ1) is 18.2. The number of benzene rings is 1. The number of nitrogens with zero attached hydrogens (tertiary/aromatic N) is 1. The second-order valence-corrected chi connectivity index (χ2v) is 6.81.